The van der Waals surface area contributed by atoms with Crippen molar-refractivity contribution in [3.05, 3.63) is 45.5 Å². The van der Waals surface area contributed by atoms with Gasteiger partial charge < -0.3 is 4.57 Å². The fourth-order valence-corrected chi connectivity index (χ4v) is 3.53. The Bertz CT molecular complexity index is 705. The van der Waals surface area contributed by atoms with Crippen LogP contribution in [0.3, 0.4) is 0 Å². The monoisotopic (exact) mass is 303 g/mol. The first-order chi connectivity index (χ1) is 9.84. The Morgan fingerprint density at radius 2 is 2.14 bits per heavy atom. The molecular formula is C16H21N3OS. The molecule has 1 amide bonds. The Hall–Kier alpha value is -1.75. The van der Waals surface area contributed by atoms with E-state index in [1.807, 2.05) is 0 Å². The van der Waals surface area contributed by atoms with Crippen molar-refractivity contribution in [3.8, 4) is 0 Å². The molecule has 0 aliphatic carbocycles. The van der Waals surface area contributed by atoms with E-state index in [-0.39, 0.29) is 11.3 Å². The number of carbonyl (C=O) groups excluding carboxylic acids is 1. The standard InChI is InChI=1S/C16H21N3OS/c1-6-19-11(2)13(16(3,4)5)21-15(19)18-14(20)12-8-7-9-17-10-12/h7-10H,6H2,1-5H3/b18-15-. The average molecular weight is 303 g/mol. The van der Waals surface area contributed by atoms with Crippen LogP contribution < -0.4 is 4.80 Å². The van der Waals surface area contributed by atoms with Gasteiger partial charge in [0.1, 0.15) is 0 Å². The van der Waals surface area contributed by atoms with Crippen molar-refractivity contribution in [2.45, 2.75) is 46.6 Å². The maximum atomic E-state index is 12.2. The molecular weight excluding hydrogens is 282 g/mol. The van der Waals surface area contributed by atoms with E-state index in [0.29, 0.717) is 5.56 Å². The summed E-state index contributed by atoms with van der Waals surface area (Å²) in [6.45, 7) is 11.5. The van der Waals surface area contributed by atoms with Crippen LogP contribution in [-0.2, 0) is 12.0 Å². The summed E-state index contributed by atoms with van der Waals surface area (Å²) in [5.41, 5.74) is 1.76. The van der Waals surface area contributed by atoms with E-state index in [4.69, 9.17) is 0 Å². The predicted octanol–water partition coefficient (Wildman–Crippen LogP) is 3.31. The van der Waals surface area contributed by atoms with E-state index in [1.165, 1.54) is 10.6 Å². The lowest BCUT2D eigenvalue weighted by Crippen LogP contribution is -2.17. The lowest BCUT2D eigenvalue weighted by molar-refractivity contribution is 0.0997. The molecule has 0 bridgehead atoms. The van der Waals surface area contributed by atoms with Crippen LogP contribution in [0.25, 0.3) is 0 Å². The number of hydrogen-bond donors (Lipinski definition) is 0. The molecule has 2 aromatic rings. The third-order valence-electron chi connectivity index (χ3n) is 3.26. The quantitative estimate of drug-likeness (QED) is 0.854. The number of amides is 1. The van der Waals surface area contributed by atoms with Crippen LogP contribution in [0.5, 0.6) is 0 Å². The Morgan fingerprint density at radius 3 is 2.67 bits per heavy atom. The summed E-state index contributed by atoms with van der Waals surface area (Å²) in [6.07, 6.45) is 3.20. The van der Waals surface area contributed by atoms with Gasteiger partial charge in [-0.15, -0.1) is 11.3 Å². The maximum absolute atomic E-state index is 12.2. The molecule has 2 heterocycles. The lowest BCUT2D eigenvalue weighted by Gasteiger charge is -2.17. The highest BCUT2D eigenvalue weighted by Gasteiger charge is 2.21. The molecule has 0 saturated carbocycles. The van der Waals surface area contributed by atoms with Crippen LogP contribution in [0, 0.1) is 6.92 Å². The number of hydrogen-bond acceptors (Lipinski definition) is 3. The molecule has 2 aromatic heterocycles. The van der Waals surface area contributed by atoms with Crippen molar-refractivity contribution in [2.75, 3.05) is 0 Å². The van der Waals surface area contributed by atoms with Gasteiger partial charge >= 0.3 is 0 Å². The van der Waals surface area contributed by atoms with Crippen LogP contribution in [0.2, 0.25) is 0 Å². The molecule has 0 aliphatic heterocycles. The van der Waals surface area contributed by atoms with Crippen molar-refractivity contribution in [2.24, 2.45) is 4.99 Å². The second kappa shape index (κ2) is 5.93. The number of nitrogens with zero attached hydrogens (tertiary/aromatic N) is 3. The van der Waals surface area contributed by atoms with Gasteiger partial charge in [-0.1, -0.05) is 20.8 Å². The molecule has 4 nitrogen and oxygen atoms in total. The molecule has 0 unspecified atom stereocenters. The van der Waals surface area contributed by atoms with E-state index in [1.54, 1.807) is 35.9 Å². The number of pyridine rings is 1. The Morgan fingerprint density at radius 1 is 1.43 bits per heavy atom. The third-order valence-corrected chi connectivity index (χ3v) is 4.87. The topological polar surface area (TPSA) is 47.2 Å². The minimum absolute atomic E-state index is 0.0524. The molecule has 5 heteroatoms. The van der Waals surface area contributed by atoms with E-state index in [9.17, 15) is 4.79 Å². The molecule has 0 aliphatic rings. The van der Waals surface area contributed by atoms with E-state index < -0.39 is 0 Å². The molecule has 0 atom stereocenters. The fourth-order valence-electron chi connectivity index (χ4n) is 2.28. The van der Waals surface area contributed by atoms with Crippen LogP contribution in [0.4, 0.5) is 0 Å². The molecule has 0 fully saturated rings. The zero-order valence-electron chi connectivity index (χ0n) is 13.2. The van der Waals surface area contributed by atoms with Crippen molar-refractivity contribution >= 4 is 17.2 Å². The number of thiazole rings is 1. The highest BCUT2D eigenvalue weighted by molar-refractivity contribution is 7.09. The summed E-state index contributed by atoms with van der Waals surface area (Å²) in [4.78, 5) is 22.5. The van der Waals surface area contributed by atoms with Crippen LogP contribution in [-0.4, -0.2) is 15.5 Å². The smallest absolute Gasteiger partial charge is 0.281 e. The summed E-state index contributed by atoms with van der Waals surface area (Å²) in [5.74, 6) is -0.244. The molecule has 112 valence electrons. The molecule has 21 heavy (non-hydrogen) atoms. The van der Waals surface area contributed by atoms with E-state index in [2.05, 4.69) is 49.2 Å². The first kappa shape index (κ1) is 15.6. The Kier molecular flexibility index (Phi) is 4.42. The Balaban J connectivity index is 2.54. The van der Waals surface area contributed by atoms with Gasteiger partial charge in [-0.25, -0.2) is 0 Å². The highest BCUT2D eigenvalue weighted by Crippen LogP contribution is 2.28. The van der Waals surface area contributed by atoms with Crippen LogP contribution >= 0.6 is 11.3 Å². The lowest BCUT2D eigenvalue weighted by atomic mass is 9.93. The van der Waals surface area contributed by atoms with Gasteiger partial charge in [0, 0.05) is 29.5 Å². The molecule has 0 radical (unpaired) electrons. The molecule has 0 aromatic carbocycles. The van der Waals surface area contributed by atoms with Gasteiger partial charge in [0.15, 0.2) is 4.80 Å². The number of rotatable bonds is 2. The first-order valence-electron chi connectivity index (χ1n) is 7.04. The van der Waals surface area contributed by atoms with Crippen molar-refractivity contribution in [1.82, 2.24) is 9.55 Å². The Labute approximate surface area is 129 Å². The summed E-state index contributed by atoms with van der Waals surface area (Å²) < 4.78 is 2.10. The van der Waals surface area contributed by atoms with Crippen LogP contribution in [0.1, 0.15) is 48.6 Å². The molecule has 0 N–H and O–H groups in total. The fraction of sp³-hybridized carbons (Fsp3) is 0.438. The number of carbonyl (C=O) groups is 1. The van der Waals surface area contributed by atoms with E-state index in [0.717, 1.165) is 11.3 Å². The average Bonchev–Trinajstić information content (AvgIpc) is 2.75. The number of aromatic nitrogens is 2. The SMILES string of the molecule is CCn1c(C)c(C(C)(C)C)s/c1=N\C(=O)c1cccnc1. The van der Waals surface area contributed by atoms with Gasteiger partial charge in [-0.2, -0.15) is 4.99 Å². The van der Waals surface area contributed by atoms with Gasteiger partial charge in [-0.3, -0.25) is 9.78 Å². The minimum atomic E-state index is -0.244. The van der Waals surface area contributed by atoms with Gasteiger partial charge in [0.05, 0.1) is 5.56 Å². The highest BCUT2D eigenvalue weighted by atomic mass is 32.1. The van der Waals surface area contributed by atoms with Crippen molar-refractivity contribution < 1.29 is 4.79 Å². The van der Waals surface area contributed by atoms with Gasteiger partial charge in [0.25, 0.3) is 5.91 Å². The van der Waals surface area contributed by atoms with E-state index >= 15 is 0 Å². The predicted molar refractivity (Wildman–Crippen MR) is 85.6 cm³/mol. The van der Waals surface area contributed by atoms with Crippen molar-refractivity contribution in [1.29, 1.82) is 0 Å². The summed E-state index contributed by atoms with van der Waals surface area (Å²) in [5, 5.41) is 0. The summed E-state index contributed by atoms with van der Waals surface area (Å²) >= 11 is 1.60. The molecule has 2 rings (SSSR count). The second-order valence-corrected chi connectivity index (χ2v) is 6.93. The zero-order chi connectivity index (χ0) is 15.6. The second-order valence-electron chi connectivity index (χ2n) is 5.95. The molecule has 0 saturated heterocycles. The van der Waals surface area contributed by atoms with Gasteiger partial charge in [0.2, 0.25) is 0 Å². The largest absolute Gasteiger partial charge is 0.321 e. The van der Waals surface area contributed by atoms with Crippen LogP contribution in [0.15, 0.2) is 29.5 Å². The molecule has 0 spiro atoms. The normalized spacial score (nSPS) is 12.7. The first-order valence-corrected chi connectivity index (χ1v) is 7.86. The minimum Gasteiger partial charge on any atom is -0.321 e. The summed E-state index contributed by atoms with van der Waals surface area (Å²) in [6, 6.07) is 3.48. The maximum Gasteiger partial charge on any atom is 0.281 e. The summed E-state index contributed by atoms with van der Waals surface area (Å²) in [7, 11) is 0. The zero-order valence-corrected chi connectivity index (χ0v) is 14.0. The third kappa shape index (κ3) is 3.29. The van der Waals surface area contributed by atoms with Gasteiger partial charge in [-0.05, 0) is 31.4 Å². The van der Waals surface area contributed by atoms with Crippen molar-refractivity contribution in [3.63, 3.8) is 0 Å².